The number of rotatable bonds is 0. The van der Waals surface area contributed by atoms with E-state index >= 15 is 0 Å². The molecule has 3 heteroatoms. The Morgan fingerprint density at radius 1 is 1.27 bits per heavy atom. The maximum Gasteiger partial charge on any atom is 0.293 e. The van der Waals surface area contributed by atoms with Crippen LogP contribution in [0.25, 0.3) is 21.9 Å². The molecule has 3 aromatic rings. The van der Waals surface area contributed by atoms with Crippen molar-refractivity contribution in [3.05, 3.63) is 35.9 Å². The van der Waals surface area contributed by atoms with Gasteiger partial charge in [0.15, 0.2) is 5.58 Å². The molecule has 0 fully saturated rings. The lowest BCUT2D eigenvalue weighted by molar-refractivity contribution is 0.629. The van der Waals surface area contributed by atoms with Gasteiger partial charge in [0.25, 0.3) is 6.01 Å². The van der Waals surface area contributed by atoms with Crippen LogP contribution in [0.2, 0.25) is 0 Å². The van der Waals surface area contributed by atoms with Gasteiger partial charge >= 0.3 is 0 Å². The van der Waals surface area contributed by atoms with Gasteiger partial charge in [-0.2, -0.15) is 4.98 Å². The summed E-state index contributed by atoms with van der Waals surface area (Å²) in [7, 11) is 0. The maximum absolute atomic E-state index is 5.57. The lowest BCUT2D eigenvalue weighted by Gasteiger charge is -1.99. The molecular formula is C12H10N2O. The molecule has 3 nitrogen and oxygen atoms in total. The van der Waals surface area contributed by atoms with Crippen LogP contribution in [0.1, 0.15) is 5.56 Å². The Bertz CT molecular complexity index is 655. The summed E-state index contributed by atoms with van der Waals surface area (Å²) in [5, 5.41) is 2.21. The average molecular weight is 198 g/mol. The number of hydrogen-bond acceptors (Lipinski definition) is 3. The largest absolute Gasteiger partial charge is 0.423 e. The smallest absolute Gasteiger partial charge is 0.293 e. The fourth-order valence-corrected chi connectivity index (χ4v) is 1.92. The van der Waals surface area contributed by atoms with Gasteiger partial charge < -0.3 is 10.2 Å². The van der Waals surface area contributed by atoms with Gasteiger partial charge in [-0.1, -0.05) is 24.3 Å². The molecule has 0 bridgehead atoms. The van der Waals surface area contributed by atoms with Crippen LogP contribution in [0.4, 0.5) is 6.01 Å². The molecule has 0 atom stereocenters. The first-order chi connectivity index (χ1) is 7.25. The van der Waals surface area contributed by atoms with Crippen molar-refractivity contribution in [2.75, 3.05) is 5.73 Å². The predicted octanol–water partition coefficient (Wildman–Crippen LogP) is 2.87. The van der Waals surface area contributed by atoms with Crippen LogP contribution in [0.5, 0.6) is 0 Å². The number of hydrogen-bond donors (Lipinski definition) is 1. The Balaban J connectivity index is 2.63. The van der Waals surface area contributed by atoms with E-state index in [0.717, 1.165) is 27.4 Å². The number of anilines is 1. The van der Waals surface area contributed by atoms with Gasteiger partial charge in [0.1, 0.15) is 5.52 Å². The highest BCUT2D eigenvalue weighted by Gasteiger charge is 2.09. The molecule has 3 rings (SSSR count). The monoisotopic (exact) mass is 198 g/mol. The average Bonchev–Trinajstić information content (AvgIpc) is 2.61. The summed E-state index contributed by atoms with van der Waals surface area (Å²) in [6.45, 7) is 2.01. The first kappa shape index (κ1) is 8.29. The highest BCUT2D eigenvalue weighted by molar-refractivity contribution is 6.04. The second-order valence-corrected chi connectivity index (χ2v) is 3.64. The van der Waals surface area contributed by atoms with Gasteiger partial charge in [0, 0.05) is 5.39 Å². The van der Waals surface area contributed by atoms with Gasteiger partial charge in [-0.25, -0.2) is 0 Å². The van der Waals surface area contributed by atoms with Gasteiger partial charge in [-0.05, 0) is 23.9 Å². The van der Waals surface area contributed by atoms with E-state index in [4.69, 9.17) is 10.2 Å². The Morgan fingerprint density at radius 2 is 2.07 bits per heavy atom. The van der Waals surface area contributed by atoms with E-state index in [2.05, 4.69) is 17.1 Å². The van der Waals surface area contributed by atoms with E-state index in [0.29, 0.717) is 0 Å². The van der Waals surface area contributed by atoms with Gasteiger partial charge in [0.2, 0.25) is 0 Å². The number of aryl methyl sites for hydroxylation is 1. The number of nitrogen functional groups attached to an aromatic ring is 1. The topological polar surface area (TPSA) is 52.0 Å². The summed E-state index contributed by atoms with van der Waals surface area (Å²) in [6.07, 6.45) is 0. The van der Waals surface area contributed by atoms with Gasteiger partial charge in [0.05, 0.1) is 0 Å². The molecule has 0 aliphatic rings. The van der Waals surface area contributed by atoms with E-state index < -0.39 is 0 Å². The maximum atomic E-state index is 5.57. The van der Waals surface area contributed by atoms with Crippen molar-refractivity contribution in [1.29, 1.82) is 0 Å². The Hall–Kier alpha value is -2.03. The molecule has 0 radical (unpaired) electrons. The molecule has 0 saturated heterocycles. The van der Waals surface area contributed by atoms with Crippen molar-refractivity contribution in [1.82, 2.24) is 4.98 Å². The van der Waals surface area contributed by atoms with E-state index in [1.54, 1.807) is 0 Å². The molecule has 1 aromatic heterocycles. The number of nitrogens with zero attached hydrogens (tertiary/aromatic N) is 1. The van der Waals surface area contributed by atoms with Crippen LogP contribution in [0.3, 0.4) is 0 Å². The first-order valence-electron chi connectivity index (χ1n) is 4.80. The number of benzene rings is 2. The molecule has 0 aliphatic heterocycles. The summed E-state index contributed by atoms with van der Waals surface area (Å²) >= 11 is 0. The summed E-state index contributed by atoms with van der Waals surface area (Å²) < 4.78 is 5.43. The Labute approximate surface area is 86.5 Å². The van der Waals surface area contributed by atoms with E-state index in [1.165, 1.54) is 0 Å². The third kappa shape index (κ3) is 1.09. The predicted molar refractivity (Wildman–Crippen MR) is 60.7 cm³/mol. The first-order valence-corrected chi connectivity index (χ1v) is 4.80. The van der Waals surface area contributed by atoms with E-state index in [9.17, 15) is 0 Å². The molecule has 1 heterocycles. The van der Waals surface area contributed by atoms with Crippen LogP contribution < -0.4 is 5.73 Å². The molecule has 0 spiro atoms. The van der Waals surface area contributed by atoms with Crippen molar-refractivity contribution in [3.8, 4) is 0 Å². The minimum absolute atomic E-state index is 0.226. The Morgan fingerprint density at radius 3 is 2.93 bits per heavy atom. The van der Waals surface area contributed by atoms with Crippen LogP contribution in [0, 0.1) is 6.92 Å². The lowest BCUT2D eigenvalue weighted by Crippen LogP contribution is -1.82. The van der Waals surface area contributed by atoms with Crippen LogP contribution in [-0.4, -0.2) is 4.98 Å². The quantitative estimate of drug-likeness (QED) is 0.604. The normalized spacial score (nSPS) is 11.3. The molecule has 2 aromatic carbocycles. The standard InChI is InChI=1S/C12H10N2O/c1-7-6-8-4-2-3-5-9(8)11-10(7)14-12(13)15-11/h2-6H,1H3,(H2,13,14). The fraction of sp³-hybridized carbons (Fsp3) is 0.0833. The van der Waals surface area contributed by atoms with Crippen LogP contribution in [0.15, 0.2) is 34.7 Å². The van der Waals surface area contributed by atoms with E-state index in [-0.39, 0.29) is 6.01 Å². The van der Waals surface area contributed by atoms with Crippen LogP contribution in [-0.2, 0) is 0 Å². The minimum Gasteiger partial charge on any atom is -0.423 e. The summed E-state index contributed by atoms with van der Waals surface area (Å²) in [4.78, 5) is 4.17. The Kier molecular flexibility index (Phi) is 1.51. The van der Waals surface area contributed by atoms with Crippen molar-refractivity contribution >= 4 is 27.9 Å². The van der Waals surface area contributed by atoms with Crippen LogP contribution >= 0.6 is 0 Å². The third-order valence-electron chi connectivity index (χ3n) is 2.59. The number of fused-ring (bicyclic) bond motifs is 3. The SMILES string of the molecule is Cc1cc2ccccc2c2oc(N)nc12. The summed E-state index contributed by atoms with van der Waals surface area (Å²) in [5.41, 5.74) is 8.29. The van der Waals surface area contributed by atoms with Crippen molar-refractivity contribution < 1.29 is 4.42 Å². The molecule has 0 saturated carbocycles. The van der Waals surface area contributed by atoms with Crippen molar-refractivity contribution in [3.63, 3.8) is 0 Å². The molecule has 0 aliphatic carbocycles. The highest BCUT2D eigenvalue weighted by atomic mass is 16.4. The highest BCUT2D eigenvalue weighted by Crippen LogP contribution is 2.29. The number of aromatic nitrogens is 1. The van der Waals surface area contributed by atoms with Crippen molar-refractivity contribution in [2.45, 2.75) is 6.92 Å². The molecular weight excluding hydrogens is 188 g/mol. The molecule has 2 N–H and O–H groups in total. The third-order valence-corrected chi connectivity index (χ3v) is 2.59. The molecule has 15 heavy (non-hydrogen) atoms. The number of nitrogens with two attached hydrogens (primary N) is 1. The van der Waals surface area contributed by atoms with Gasteiger partial charge in [-0.15, -0.1) is 0 Å². The zero-order valence-corrected chi connectivity index (χ0v) is 8.32. The molecule has 0 unspecified atom stereocenters. The fourth-order valence-electron chi connectivity index (χ4n) is 1.92. The minimum atomic E-state index is 0.226. The summed E-state index contributed by atoms with van der Waals surface area (Å²) in [5.74, 6) is 0. The van der Waals surface area contributed by atoms with Crippen molar-refractivity contribution in [2.24, 2.45) is 0 Å². The second-order valence-electron chi connectivity index (χ2n) is 3.64. The summed E-state index contributed by atoms with van der Waals surface area (Å²) in [6, 6.07) is 10.4. The molecule has 74 valence electrons. The van der Waals surface area contributed by atoms with Gasteiger partial charge in [-0.3, -0.25) is 0 Å². The zero-order valence-electron chi connectivity index (χ0n) is 8.32. The second kappa shape index (κ2) is 2.73. The zero-order chi connectivity index (χ0) is 10.4. The van der Waals surface area contributed by atoms with E-state index in [1.807, 2.05) is 25.1 Å². The lowest BCUT2D eigenvalue weighted by atomic mass is 10.1. The molecule has 0 amide bonds. The number of oxazole rings is 1.